The smallest absolute Gasteiger partial charge is 0.258 e. The summed E-state index contributed by atoms with van der Waals surface area (Å²) >= 11 is 0. The highest BCUT2D eigenvalue weighted by Crippen LogP contribution is 2.41. The van der Waals surface area contributed by atoms with Crippen molar-refractivity contribution in [2.75, 3.05) is 30.4 Å². The van der Waals surface area contributed by atoms with Crippen LogP contribution < -0.4 is 25.7 Å². The molecule has 1 aromatic heterocycles. The molecule has 9 nitrogen and oxygen atoms in total. The summed E-state index contributed by atoms with van der Waals surface area (Å²) in [6.07, 6.45) is 1.49. The average Bonchev–Trinajstić information content (AvgIpc) is 3.09. The van der Waals surface area contributed by atoms with E-state index in [0.717, 1.165) is 18.4 Å². The minimum atomic E-state index is -1.09. The molecular weight excluding hydrogens is 434 g/mol. The summed E-state index contributed by atoms with van der Waals surface area (Å²) in [5.41, 5.74) is 1.60. The number of carbonyl (C=O) groups is 1. The standard InChI is InChI=1S/C25H23N5O4/c26-14-17-20(16-7-8-18-19(13-16)34-12-4-11-33-18)21-22(28-23(17)31)29-25(30-24(21)32)27-10-9-15-5-2-1-3-6-15/h1-3,5-8,13,17,20H,4,9-12H2,(H3,27,28,29,30,31,32). The molecule has 2 aliphatic heterocycles. The largest absolute Gasteiger partial charge is 0.490 e. The van der Waals surface area contributed by atoms with Crippen LogP contribution in [0.2, 0.25) is 0 Å². The van der Waals surface area contributed by atoms with Gasteiger partial charge in [-0.25, -0.2) is 0 Å². The van der Waals surface area contributed by atoms with Crippen LogP contribution in [-0.4, -0.2) is 35.6 Å². The van der Waals surface area contributed by atoms with E-state index in [4.69, 9.17) is 9.47 Å². The highest BCUT2D eigenvalue weighted by Gasteiger charge is 2.40. The molecule has 0 radical (unpaired) electrons. The molecule has 9 heteroatoms. The fourth-order valence-corrected chi connectivity index (χ4v) is 4.30. The Morgan fingerprint density at radius 1 is 1.09 bits per heavy atom. The fraction of sp³-hybridized carbons (Fsp3) is 0.280. The van der Waals surface area contributed by atoms with Crippen molar-refractivity contribution in [1.82, 2.24) is 9.97 Å². The van der Waals surface area contributed by atoms with Crippen LogP contribution in [0.25, 0.3) is 0 Å². The first-order valence-electron chi connectivity index (χ1n) is 11.2. The normalized spacial score (nSPS) is 18.7. The predicted octanol–water partition coefficient (Wildman–Crippen LogP) is 2.81. The van der Waals surface area contributed by atoms with Crippen LogP contribution in [-0.2, 0) is 11.2 Å². The van der Waals surface area contributed by atoms with Gasteiger partial charge in [-0.3, -0.25) is 14.6 Å². The lowest BCUT2D eigenvalue weighted by Gasteiger charge is -2.28. The number of nitriles is 1. The summed E-state index contributed by atoms with van der Waals surface area (Å²) in [5.74, 6) is -0.839. The van der Waals surface area contributed by atoms with Crippen molar-refractivity contribution in [1.29, 1.82) is 5.26 Å². The van der Waals surface area contributed by atoms with Crippen LogP contribution in [0.5, 0.6) is 11.5 Å². The quantitative estimate of drug-likeness (QED) is 0.537. The molecule has 0 fully saturated rings. The summed E-state index contributed by atoms with van der Waals surface area (Å²) in [7, 11) is 0. The minimum Gasteiger partial charge on any atom is -0.490 e. The molecule has 3 aromatic rings. The second-order valence-electron chi connectivity index (χ2n) is 8.17. The van der Waals surface area contributed by atoms with Gasteiger partial charge in [-0.2, -0.15) is 10.2 Å². The zero-order valence-corrected chi connectivity index (χ0v) is 18.3. The number of fused-ring (bicyclic) bond motifs is 2. The van der Waals surface area contributed by atoms with Gasteiger partial charge in [0.15, 0.2) is 11.5 Å². The van der Waals surface area contributed by atoms with Crippen molar-refractivity contribution in [2.45, 2.75) is 18.8 Å². The van der Waals surface area contributed by atoms with Gasteiger partial charge in [-0.15, -0.1) is 0 Å². The van der Waals surface area contributed by atoms with E-state index in [1.165, 1.54) is 0 Å². The second kappa shape index (κ2) is 9.27. The van der Waals surface area contributed by atoms with Gasteiger partial charge >= 0.3 is 0 Å². The third-order valence-electron chi connectivity index (χ3n) is 5.94. The summed E-state index contributed by atoms with van der Waals surface area (Å²) < 4.78 is 11.5. The number of hydrogen-bond acceptors (Lipinski definition) is 7. The summed E-state index contributed by atoms with van der Waals surface area (Å²) in [5, 5.41) is 15.5. The van der Waals surface area contributed by atoms with Gasteiger partial charge in [-0.05, 0) is 29.7 Å². The number of carbonyl (C=O) groups excluding carboxylic acids is 1. The number of ether oxygens (including phenoxy) is 2. The molecule has 2 unspecified atom stereocenters. The lowest BCUT2D eigenvalue weighted by atomic mass is 9.79. The van der Waals surface area contributed by atoms with Gasteiger partial charge in [0.2, 0.25) is 11.9 Å². The first-order chi connectivity index (χ1) is 16.6. The molecule has 2 aliphatic rings. The van der Waals surface area contributed by atoms with E-state index in [9.17, 15) is 14.9 Å². The molecule has 5 rings (SSSR count). The molecule has 3 N–H and O–H groups in total. The van der Waals surface area contributed by atoms with Crippen molar-refractivity contribution < 1.29 is 14.3 Å². The molecule has 172 valence electrons. The molecule has 2 aromatic carbocycles. The van der Waals surface area contributed by atoms with Crippen LogP contribution in [0.3, 0.4) is 0 Å². The predicted molar refractivity (Wildman–Crippen MR) is 125 cm³/mol. The van der Waals surface area contributed by atoms with Crippen molar-refractivity contribution in [3.63, 3.8) is 0 Å². The number of benzene rings is 2. The Kier molecular flexibility index (Phi) is 5.87. The van der Waals surface area contributed by atoms with Crippen LogP contribution in [0.1, 0.15) is 29.0 Å². The zero-order valence-electron chi connectivity index (χ0n) is 18.3. The SMILES string of the molecule is N#CC1C(=O)Nc2nc(NCCc3ccccc3)[nH]c(=O)c2C1c1ccc2c(c1)OCCCO2. The van der Waals surface area contributed by atoms with E-state index in [1.807, 2.05) is 36.4 Å². The molecular formula is C25H23N5O4. The topological polar surface area (TPSA) is 129 Å². The van der Waals surface area contributed by atoms with Gasteiger partial charge in [0, 0.05) is 18.9 Å². The number of aromatic nitrogens is 2. The highest BCUT2D eigenvalue weighted by atomic mass is 16.5. The number of amides is 1. The molecule has 0 saturated carbocycles. The Bertz CT molecular complexity index is 1320. The Morgan fingerprint density at radius 2 is 1.88 bits per heavy atom. The number of aromatic amines is 1. The number of hydrogen-bond donors (Lipinski definition) is 3. The Balaban J connectivity index is 1.47. The first kappa shape index (κ1) is 21.5. The summed E-state index contributed by atoms with van der Waals surface area (Å²) in [4.78, 5) is 33.1. The molecule has 0 bridgehead atoms. The minimum absolute atomic E-state index is 0.152. The van der Waals surface area contributed by atoms with Gasteiger partial charge in [-0.1, -0.05) is 36.4 Å². The maximum absolute atomic E-state index is 13.2. The highest BCUT2D eigenvalue weighted by molar-refractivity contribution is 5.98. The van der Waals surface area contributed by atoms with E-state index < -0.39 is 23.3 Å². The number of anilines is 2. The monoisotopic (exact) mass is 457 g/mol. The van der Waals surface area contributed by atoms with Gasteiger partial charge in [0.05, 0.1) is 24.8 Å². The van der Waals surface area contributed by atoms with Crippen LogP contribution in [0.4, 0.5) is 11.8 Å². The van der Waals surface area contributed by atoms with Crippen molar-refractivity contribution in [3.05, 3.63) is 75.6 Å². The maximum Gasteiger partial charge on any atom is 0.258 e. The van der Waals surface area contributed by atoms with Gasteiger partial charge < -0.3 is 20.1 Å². The summed E-state index contributed by atoms with van der Waals surface area (Å²) in [6, 6.07) is 17.2. The van der Waals surface area contributed by atoms with Crippen LogP contribution in [0.15, 0.2) is 53.3 Å². The third kappa shape index (κ3) is 4.18. The van der Waals surface area contributed by atoms with Crippen LogP contribution >= 0.6 is 0 Å². The van der Waals surface area contributed by atoms with E-state index in [1.54, 1.807) is 18.2 Å². The Hall–Kier alpha value is -4.32. The van der Waals surface area contributed by atoms with Crippen molar-refractivity contribution in [3.8, 4) is 17.6 Å². The molecule has 1 amide bonds. The number of H-pyrrole nitrogens is 1. The lowest BCUT2D eigenvalue weighted by molar-refractivity contribution is -0.119. The number of nitrogens with zero attached hydrogens (tertiary/aromatic N) is 2. The Morgan fingerprint density at radius 3 is 2.68 bits per heavy atom. The molecule has 0 aliphatic carbocycles. The number of nitrogens with one attached hydrogen (secondary N) is 3. The molecule has 0 spiro atoms. The van der Waals surface area contributed by atoms with E-state index in [-0.39, 0.29) is 17.3 Å². The Labute approximate surface area is 195 Å². The van der Waals surface area contributed by atoms with Gasteiger partial charge in [0.1, 0.15) is 11.7 Å². The summed E-state index contributed by atoms with van der Waals surface area (Å²) in [6.45, 7) is 1.59. The third-order valence-corrected chi connectivity index (χ3v) is 5.94. The molecule has 34 heavy (non-hydrogen) atoms. The van der Waals surface area contributed by atoms with E-state index in [2.05, 4.69) is 20.6 Å². The number of rotatable bonds is 5. The molecule has 0 saturated heterocycles. The fourth-order valence-electron chi connectivity index (χ4n) is 4.30. The van der Waals surface area contributed by atoms with Crippen LogP contribution in [0, 0.1) is 17.2 Å². The van der Waals surface area contributed by atoms with Crippen molar-refractivity contribution >= 4 is 17.7 Å². The average molecular weight is 457 g/mol. The van der Waals surface area contributed by atoms with Crippen molar-refractivity contribution in [2.24, 2.45) is 5.92 Å². The second-order valence-corrected chi connectivity index (χ2v) is 8.17. The van der Waals surface area contributed by atoms with Gasteiger partial charge in [0.25, 0.3) is 5.56 Å². The van der Waals surface area contributed by atoms with E-state index >= 15 is 0 Å². The first-order valence-corrected chi connectivity index (χ1v) is 11.2. The maximum atomic E-state index is 13.2. The zero-order chi connectivity index (χ0) is 23.5. The van der Waals surface area contributed by atoms with E-state index in [0.29, 0.717) is 36.8 Å². The molecule has 3 heterocycles. The lowest BCUT2D eigenvalue weighted by Crippen LogP contribution is -2.38. The molecule has 2 atom stereocenters.